The first kappa shape index (κ1) is 14.3. The second kappa shape index (κ2) is 6.02. The molecule has 0 N–H and O–H groups in total. The molecule has 0 radical (unpaired) electrons. The van der Waals surface area contributed by atoms with E-state index in [4.69, 9.17) is 0 Å². The molecule has 3 heteroatoms. The average molecular weight is 284 g/mol. The van der Waals surface area contributed by atoms with Crippen molar-refractivity contribution in [3.8, 4) is 0 Å². The minimum absolute atomic E-state index is 0.214. The number of hydrogen-bond donors (Lipinski definition) is 0. The molecule has 1 amide bonds. The maximum absolute atomic E-state index is 12.7. The normalized spacial score (nSPS) is 27.1. The van der Waals surface area contributed by atoms with Crippen molar-refractivity contribution in [2.45, 2.75) is 31.2 Å². The van der Waals surface area contributed by atoms with Gasteiger partial charge in [-0.25, -0.2) is 0 Å². The highest BCUT2D eigenvalue weighted by atomic mass is 16.2. The van der Waals surface area contributed by atoms with E-state index >= 15 is 0 Å². The molecule has 0 aromatic heterocycles. The van der Waals surface area contributed by atoms with Gasteiger partial charge in [-0.3, -0.25) is 9.69 Å². The van der Waals surface area contributed by atoms with E-state index in [-0.39, 0.29) is 5.54 Å². The van der Waals surface area contributed by atoms with Crippen molar-refractivity contribution >= 4 is 12.0 Å². The summed E-state index contributed by atoms with van der Waals surface area (Å²) in [4.78, 5) is 17.0. The van der Waals surface area contributed by atoms with Crippen molar-refractivity contribution in [2.24, 2.45) is 0 Å². The van der Waals surface area contributed by atoms with Crippen LogP contribution in [-0.4, -0.2) is 47.9 Å². The molecule has 2 fully saturated rings. The maximum Gasteiger partial charge on any atom is 0.242 e. The van der Waals surface area contributed by atoms with Crippen molar-refractivity contribution in [3.63, 3.8) is 0 Å². The third kappa shape index (κ3) is 2.75. The van der Waals surface area contributed by atoms with E-state index in [0.717, 1.165) is 45.3 Å². The monoisotopic (exact) mass is 284 g/mol. The van der Waals surface area contributed by atoms with Gasteiger partial charge in [-0.15, -0.1) is 0 Å². The fourth-order valence-corrected chi connectivity index (χ4v) is 3.78. The summed E-state index contributed by atoms with van der Waals surface area (Å²) >= 11 is 0. The molecule has 3 rings (SSSR count). The maximum atomic E-state index is 12.7. The molecule has 1 spiro atoms. The van der Waals surface area contributed by atoms with E-state index in [1.807, 2.05) is 18.0 Å². The van der Waals surface area contributed by atoms with Gasteiger partial charge in [0.15, 0.2) is 0 Å². The Labute approximate surface area is 127 Å². The van der Waals surface area contributed by atoms with Crippen LogP contribution in [0.4, 0.5) is 0 Å². The molecule has 0 saturated carbocycles. The molecule has 1 aromatic carbocycles. The Kier molecular flexibility index (Phi) is 4.11. The molecule has 1 aromatic rings. The second-order valence-electron chi connectivity index (χ2n) is 6.22. The number of likely N-dealkylation sites (N-methyl/N-ethyl adjacent to an activating group) is 1. The number of amides is 1. The molecule has 2 aliphatic heterocycles. The van der Waals surface area contributed by atoms with Crippen molar-refractivity contribution in [1.29, 1.82) is 0 Å². The van der Waals surface area contributed by atoms with E-state index in [1.165, 1.54) is 5.56 Å². The summed E-state index contributed by atoms with van der Waals surface area (Å²) in [5, 5.41) is 0. The lowest BCUT2D eigenvalue weighted by Gasteiger charge is -2.43. The highest BCUT2D eigenvalue weighted by molar-refractivity contribution is 5.87. The Morgan fingerprint density at radius 1 is 1.14 bits per heavy atom. The first-order chi connectivity index (χ1) is 10.2. The van der Waals surface area contributed by atoms with E-state index in [9.17, 15) is 4.79 Å². The zero-order valence-corrected chi connectivity index (χ0v) is 12.8. The number of carbonyl (C=O) groups excluding carboxylic acids is 1. The SMILES string of the molecule is CN1CCCC2(CCCN2CC=Cc2ccccc2)C1=O. The number of benzene rings is 1. The van der Waals surface area contributed by atoms with Crippen LogP contribution in [0.15, 0.2) is 36.4 Å². The Morgan fingerprint density at radius 2 is 1.86 bits per heavy atom. The van der Waals surface area contributed by atoms with Crippen LogP contribution in [0.2, 0.25) is 0 Å². The van der Waals surface area contributed by atoms with Gasteiger partial charge in [-0.1, -0.05) is 42.5 Å². The van der Waals surface area contributed by atoms with Crippen LogP contribution in [-0.2, 0) is 4.79 Å². The van der Waals surface area contributed by atoms with Crippen molar-refractivity contribution in [2.75, 3.05) is 26.7 Å². The third-order valence-electron chi connectivity index (χ3n) is 4.89. The van der Waals surface area contributed by atoms with E-state index < -0.39 is 0 Å². The summed E-state index contributed by atoms with van der Waals surface area (Å²) in [6, 6.07) is 10.3. The zero-order valence-electron chi connectivity index (χ0n) is 12.8. The van der Waals surface area contributed by atoms with Crippen LogP contribution < -0.4 is 0 Å². The van der Waals surface area contributed by atoms with Gasteiger partial charge in [0.2, 0.25) is 5.91 Å². The van der Waals surface area contributed by atoms with Crippen LogP contribution in [0.5, 0.6) is 0 Å². The van der Waals surface area contributed by atoms with Gasteiger partial charge in [0.1, 0.15) is 5.54 Å². The van der Waals surface area contributed by atoms with E-state index in [2.05, 4.69) is 41.3 Å². The number of rotatable bonds is 3. The van der Waals surface area contributed by atoms with Gasteiger partial charge in [0.05, 0.1) is 0 Å². The van der Waals surface area contributed by atoms with Gasteiger partial charge >= 0.3 is 0 Å². The first-order valence-corrected chi connectivity index (χ1v) is 7.95. The average Bonchev–Trinajstić information content (AvgIpc) is 2.90. The molecule has 2 aliphatic rings. The standard InChI is InChI=1S/C18H24N2O/c1-19-13-6-11-18(17(19)21)12-7-15-20(18)14-5-10-16-8-3-2-4-9-16/h2-5,8-10H,6-7,11-15H2,1H3. The molecule has 1 atom stereocenters. The van der Waals surface area contributed by atoms with Crippen LogP contribution in [0.25, 0.3) is 6.08 Å². The topological polar surface area (TPSA) is 23.6 Å². The van der Waals surface area contributed by atoms with Crippen LogP contribution in [0.3, 0.4) is 0 Å². The summed E-state index contributed by atoms with van der Waals surface area (Å²) < 4.78 is 0. The quantitative estimate of drug-likeness (QED) is 0.852. The van der Waals surface area contributed by atoms with Gasteiger partial charge in [-0.2, -0.15) is 0 Å². The van der Waals surface area contributed by atoms with Gasteiger partial charge < -0.3 is 4.90 Å². The molecule has 21 heavy (non-hydrogen) atoms. The molecule has 112 valence electrons. The largest absolute Gasteiger partial charge is 0.344 e. The first-order valence-electron chi connectivity index (χ1n) is 7.95. The number of piperidine rings is 1. The Balaban J connectivity index is 1.70. The lowest BCUT2D eigenvalue weighted by Crippen LogP contribution is -2.58. The van der Waals surface area contributed by atoms with Crippen molar-refractivity contribution in [3.05, 3.63) is 42.0 Å². The van der Waals surface area contributed by atoms with E-state index in [1.54, 1.807) is 0 Å². The van der Waals surface area contributed by atoms with Crippen molar-refractivity contribution in [1.82, 2.24) is 9.80 Å². The fourth-order valence-electron chi connectivity index (χ4n) is 3.78. The lowest BCUT2D eigenvalue weighted by atomic mass is 9.85. The Morgan fingerprint density at radius 3 is 2.62 bits per heavy atom. The van der Waals surface area contributed by atoms with Crippen LogP contribution in [0, 0.1) is 0 Å². The number of hydrogen-bond acceptors (Lipinski definition) is 2. The molecule has 1 unspecified atom stereocenters. The van der Waals surface area contributed by atoms with Gasteiger partial charge in [-0.05, 0) is 37.8 Å². The number of likely N-dealkylation sites (tertiary alicyclic amines) is 2. The summed E-state index contributed by atoms with van der Waals surface area (Å²) in [6.45, 7) is 2.82. The number of carbonyl (C=O) groups is 1. The molecule has 2 saturated heterocycles. The minimum atomic E-state index is -0.214. The summed E-state index contributed by atoms with van der Waals surface area (Å²) in [7, 11) is 1.94. The highest BCUT2D eigenvalue weighted by Gasteiger charge is 2.49. The molecule has 3 nitrogen and oxygen atoms in total. The molecule has 2 heterocycles. The molecular weight excluding hydrogens is 260 g/mol. The molecule has 0 bridgehead atoms. The highest BCUT2D eigenvalue weighted by Crippen LogP contribution is 2.37. The van der Waals surface area contributed by atoms with Crippen LogP contribution >= 0.6 is 0 Å². The predicted octanol–water partition coefficient (Wildman–Crippen LogP) is 2.79. The predicted molar refractivity (Wildman–Crippen MR) is 85.9 cm³/mol. The third-order valence-corrected chi connectivity index (χ3v) is 4.89. The second-order valence-corrected chi connectivity index (χ2v) is 6.22. The summed E-state index contributed by atoms with van der Waals surface area (Å²) in [5.41, 5.74) is 1.01. The zero-order chi connectivity index (χ0) is 14.7. The fraction of sp³-hybridized carbons (Fsp3) is 0.500. The molecular formula is C18H24N2O. The van der Waals surface area contributed by atoms with E-state index in [0.29, 0.717) is 5.91 Å². The molecule has 0 aliphatic carbocycles. The van der Waals surface area contributed by atoms with Crippen molar-refractivity contribution < 1.29 is 4.79 Å². The Bertz CT molecular complexity index is 525. The van der Waals surface area contributed by atoms with Crippen LogP contribution in [0.1, 0.15) is 31.2 Å². The lowest BCUT2D eigenvalue weighted by molar-refractivity contribution is -0.145. The summed E-state index contributed by atoms with van der Waals surface area (Å²) in [5.74, 6) is 0.333. The number of nitrogens with zero attached hydrogens (tertiary/aromatic N) is 2. The van der Waals surface area contributed by atoms with Gasteiger partial charge in [0, 0.05) is 20.1 Å². The summed E-state index contributed by atoms with van der Waals surface area (Å²) in [6.07, 6.45) is 8.66. The Hall–Kier alpha value is -1.61. The van der Waals surface area contributed by atoms with Gasteiger partial charge in [0.25, 0.3) is 0 Å². The smallest absolute Gasteiger partial charge is 0.242 e. The minimum Gasteiger partial charge on any atom is -0.344 e.